The highest BCUT2D eigenvalue weighted by molar-refractivity contribution is 5.87. The summed E-state index contributed by atoms with van der Waals surface area (Å²) < 4.78 is 5.09. The summed E-state index contributed by atoms with van der Waals surface area (Å²) in [5.41, 5.74) is -1.94. The van der Waals surface area contributed by atoms with E-state index in [4.69, 9.17) is 4.74 Å². The summed E-state index contributed by atoms with van der Waals surface area (Å²) in [5.74, 6) is -5.90. The van der Waals surface area contributed by atoms with Crippen molar-refractivity contribution < 1.29 is 54.9 Å². The molecule has 33 heavy (non-hydrogen) atoms. The van der Waals surface area contributed by atoms with Gasteiger partial charge in [-0.25, -0.2) is 4.79 Å². The van der Waals surface area contributed by atoms with Gasteiger partial charge in [-0.05, 0) is 41.5 Å². The van der Waals surface area contributed by atoms with Gasteiger partial charge >= 0.3 is 17.9 Å². The van der Waals surface area contributed by atoms with Crippen molar-refractivity contribution in [1.82, 2.24) is 0 Å². The van der Waals surface area contributed by atoms with Crippen LogP contribution in [0.5, 0.6) is 23.0 Å². The van der Waals surface area contributed by atoms with Gasteiger partial charge in [-0.15, -0.1) is 0 Å². The number of hydrogen-bond acceptors (Lipinski definition) is 9. The summed E-state index contributed by atoms with van der Waals surface area (Å²) in [4.78, 5) is 35.0. The van der Waals surface area contributed by atoms with Crippen LogP contribution in [0.2, 0.25) is 0 Å². The monoisotopic (exact) mass is 462 g/mol. The van der Waals surface area contributed by atoms with Crippen LogP contribution >= 0.6 is 0 Å². The van der Waals surface area contributed by atoms with E-state index in [2.05, 4.69) is 0 Å². The number of hydrogen-bond donors (Lipinski definition) is 7. The van der Waals surface area contributed by atoms with Crippen molar-refractivity contribution in [3.63, 3.8) is 0 Å². The first-order chi connectivity index (χ1) is 15.4. The summed E-state index contributed by atoms with van der Waals surface area (Å²) in [7, 11) is 0. The molecule has 0 aliphatic heterocycles. The summed E-state index contributed by atoms with van der Waals surface area (Å²) in [5, 5.41) is 67.4. The molecule has 7 N–H and O–H groups in total. The predicted molar refractivity (Wildman–Crippen MR) is 112 cm³/mol. The lowest BCUT2D eigenvalue weighted by atomic mass is 9.84. The van der Waals surface area contributed by atoms with E-state index in [0.29, 0.717) is 0 Å². The second-order valence-electron chi connectivity index (χ2n) is 7.28. The molecule has 0 saturated heterocycles. The topological polar surface area (TPSA) is 202 Å². The van der Waals surface area contributed by atoms with Crippen molar-refractivity contribution in [3.8, 4) is 23.0 Å². The van der Waals surface area contributed by atoms with Crippen LogP contribution in [-0.2, 0) is 25.5 Å². The molecule has 176 valence electrons. The molecule has 0 spiro atoms. The molecule has 0 radical (unpaired) electrons. The number of esters is 1. The number of ether oxygens (including phenoxy) is 1. The van der Waals surface area contributed by atoms with Crippen molar-refractivity contribution in [2.24, 2.45) is 0 Å². The number of rotatable bonds is 10. The summed E-state index contributed by atoms with van der Waals surface area (Å²) in [6, 6.07) is 7.11. The number of aliphatic carboxylic acids is 2. The number of benzene rings is 2. The van der Waals surface area contributed by atoms with Crippen LogP contribution in [0.15, 0.2) is 42.5 Å². The van der Waals surface area contributed by atoms with Crippen LogP contribution in [0, 0.1) is 0 Å². The first-order valence-electron chi connectivity index (χ1n) is 9.47. The van der Waals surface area contributed by atoms with Crippen molar-refractivity contribution in [1.29, 1.82) is 0 Å². The molecule has 11 heteroatoms. The van der Waals surface area contributed by atoms with E-state index in [1.165, 1.54) is 24.3 Å². The maximum Gasteiger partial charge on any atom is 0.331 e. The van der Waals surface area contributed by atoms with E-state index in [9.17, 15) is 50.1 Å². The average molecular weight is 462 g/mol. The van der Waals surface area contributed by atoms with Gasteiger partial charge in [0.15, 0.2) is 23.0 Å². The summed E-state index contributed by atoms with van der Waals surface area (Å²) in [6.07, 6.45) is -2.18. The minimum absolute atomic E-state index is 0.149. The Kier molecular flexibility index (Phi) is 7.86. The van der Waals surface area contributed by atoms with Crippen LogP contribution in [0.4, 0.5) is 0 Å². The average Bonchev–Trinajstić information content (AvgIpc) is 2.70. The molecule has 0 bridgehead atoms. The molecule has 0 aliphatic rings. The van der Waals surface area contributed by atoms with Gasteiger partial charge in [0.05, 0.1) is 12.8 Å². The molecule has 0 aromatic heterocycles. The van der Waals surface area contributed by atoms with Gasteiger partial charge in [0.25, 0.3) is 0 Å². The Balaban J connectivity index is 2.31. The number of carbonyl (C=O) groups excluding carboxylic acids is 1. The molecule has 0 saturated carbocycles. The predicted octanol–water partition coefficient (Wildman–Crippen LogP) is 1.36. The Hall–Kier alpha value is -4.25. The largest absolute Gasteiger partial charge is 0.504 e. The maximum atomic E-state index is 12.3. The molecule has 0 aliphatic carbocycles. The molecule has 11 nitrogen and oxygen atoms in total. The molecule has 0 fully saturated rings. The lowest BCUT2D eigenvalue weighted by Crippen LogP contribution is -2.49. The number of aromatic hydroxyl groups is 4. The fraction of sp³-hybridized carbons (Fsp3) is 0.227. The zero-order valence-electron chi connectivity index (χ0n) is 17.1. The molecular formula is C22H22O11. The highest BCUT2D eigenvalue weighted by Gasteiger charge is 2.43. The Bertz CT molecular complexity index is 1080. The summed E-state index contributed by atoms with van der Waals surface area (Å²) in [6.45, 7) is 0. The van der Waals surface area contributed by atoms with E-state index >= 15 is 0 Å². The Morgan fingerprint density at radius 3 is 2.03 bits per heavy atom. The van der Waals surface area contributed by atoms with E-state index < -0.39 is 66.1 Å². The fourth-order valence-corrected chi connectivity index (χ4v) is 3.07. The molecule has 2 aromatic carbocycles. The standard InChI is InChI=1S/C22H22O11/c23-14-4-1-12(7-16(14)25)3-6-21(31)33-18(9-19(27)28)22(32,11-20(29)30)10-13-2-5-15(24)17(26)8-13/h1-8,18,23-26,32H,9-11H2,(H,27,28)(H,29,30)/b6-3-/t18-,22+/m1/s1. The summed E-state index contributed by atoms with van der Waals surface area (Å²) >= 11 is 0. The highest BCUT2D eigenvalue weighted by atomic mass is 16.6. The molecule has 2 aromatic rings. The fourth-order valence-electron chi connectivity index (χ4n) is 3.07. The van der Waals surface area contributed by atoms with Crippen molar-refractivity contribution in [3.05, 3.63) is 53.6 Å². The third-order valence-corrected chi connectivity index (χ3v) is 4.64. The number of aliphatic hydroxyl groups is 1. The van der Waals surface area contributed by atoms with Crippen molar-refractivity contribution in [2.45, 2.75) is 31.0 Å². The number of carboxylic acid groups (broad SMARTS) is 2. The van der Waals surface area contributed by atoms with Gasteiger partial charge in [0.1, 0.15) is 11.7 Å². The zero-order valence-corrected chi connectivity index (χ0v) is 17.1. The van der Waals surface area contributed by atoms with Crippen LogP contribution in [0.3, 0.4) is 0 Å². The van der Waals surface area contributed by atoms with Crippen LogP contribution in [0.1, 0.15) is 24.0 Å². The van der Waals surface area contributed by atoms with Gasteiger partial charge in [-0.2, -0.15) is 0 Å². The Labute approximate surface area is 187 Å². The van der Waals surface area contributed by atoms with Gasteiger partial charge < -0.3 is 40.5 Å². The van der Waals surface area contributed by atoms with Crippen molar-refractivity contribution in [2.75, 3.05) is 0 Å². The second kappa shape index (κ2) is 10.4. The van der Waals surface area contributed by atoms with Gasteiger partial charge in [0.2, 0.25) is 0 Å². The lowest BCUT2D eigenvalue weighted by molar-refractivity contribution is -0.172. The molecule has 0 heterocycles. The van der Waals surface area contributed by atoms with E-state index in [1.54, 1.807) is 0 Å². The molecule has 0 unspecified atom stereocenters. The van der Waals surface area contributed by atoms with Crippen LogP contribution in [-0.4, -0.2) is 65.4 Å². The SMILES string of the molecule is O=C(O)C[C@@H](OC(=O)/C=C\c1ccc(O)c(O)c1)[C@@](O)(CC(=O)O)Cc1ccc(O)c(O)c1. The third-order valence-electron chi connectivity index (χ3n) is 4.64. The van der Waals surface area contributed by atoms with Gasteiger partial charge in [-0.3, -0.25) is 9.59 Å². The maximum absolute atomic E-state index is 12.3. The number of carbonyl (C=O) groups is 3. The van der Waals surface area contributed by atoms with Gasteiger partial charge in [-0.1, -0.05) is 12.1 Å². The number of phenols is 4. The van der Waals surface area contributed by atoms with Gasteiger partial charge in [0, 0.05) is 12.5 Å². The lowest BCUT2D eigenvalue weighted by Gasteiger charge is -2.34. The first kappa shape index (κ1) is 25.0. The number of phenolic OH excluding ortho intramolecular Hbond substituents is 4. The minimum atomic E-state index is -2.38. The van der Waals surface area contributed by atoms with E-state index in [-0.39, 0.29) is 16.9 Å². The molecule has 2 atom stereocenters. The normalized spacial score (nSPS) is 13.8. The first-order valence-corrected chi connectivity index (χ1v) is 9.47. The Morgan fingerprint density at radius 2 is 1.48 bits per heavy atom. The third kappa shape index (κ3) is 7.14. The number of carboxylic acids is 2. The van der Waals surface area contributed by atoms with Crippen LogP contribution < -0.4 is 0 Å². The molecule has 0 amide bonds. The van der Waals surface area contributed by atoms with E-state index in [0.717, 1.165) is 24.3 Å². The molecular weight excluding hydrogens is 440 g/mol. The highest BCUT2D eigenvalue weighted by Crippen LogP contribution is 2.31. The zero-order chi connectivity index (χ0) is 24.8. The quantitative estimate of drug-likeness (QED) is 0.153. The van der Waals surface area contributed by atoms with Crippen molar-refractivity contribution >= 4 is 24.0 Å². The van der Waals surface area contributed by atoms with Crippen LogP contribution in [0.25, 0.3) is 6.08 Å². The minimum Gasteiger partial charge on any atom is -0.504 e. The smallest absolute Gasteiger partial charge is 0.331 e. The van der Waals surface area contributed by atoms with E-state index in [1.807, 2.05) is 0 Å². The molecule has 2 rings (SSSR count). The second-order valence-corrected chi connectivity index (χ2v) is 7.28. The Morgan fingerprint density at radius 1 is 0.879 bits per heavy atom.